The molecule has 0 heterocycles. The van der Waals surface area contributed by atoms with Crippen molar-refractivity contribution in [2.45, 2.75) is 51.1 Å². The van der Waals surface area contributed by atoms with Gasteiger partial charge in [-0.1, -0.05) is 19.1 Å². The fourth-order valence-corrected chi connectivity index (χ4v) is 4.15. The molecule has 118 valence electrons. The van der Waals surface area contributed by atoms with Crippen molar-refractivity contribution >= 4 is 10.0 Å². The highest BCUT2D eigenvalue weighted by molar-refractivity contribution is 7.89. The molecule has 0 amide bonds. The maximum atomic E-state index is 12.9. The Kier molecular flexibility index (Phi) is 5.41. The van der Waals surface area contributed by atoms with Crippen LogP contribution in [-0.2, 0) is 16.6 Å². The highest BCUT2D eigenvalue weighted by atomic mass is 32.2. The predicted octanol–water partition coefficient (Wildman–Crippen LogP) is 2.61. The van der Waals surface area contributed by atoms with Crippen molar-refractivity contribution in [2.24, 2.45) is 5.92 Å². The Morgan fingerprint density at radius 2 is 2.05 bits per heavy atom. The topological polar surface area (TPSA) is 49.4 Å². The van der Waals surface area contributed by atoms with Gasteiger partial charge in [-0.2, -0.15) is 4.31 Å². The molecule has 0 saturated heterocycles. The zero-order valence-corrected chi connectivity index (χ0v) is 14.0. The van der Waals surface area contributed by atoms with Crippen LogP contribution in [0.5, 0.6) is 0 Å². The standard InChI is InChI=1S/C16H26N2O2S/c1-4-17-11-15-6-5-7-16(10-15)21(19,20)18(13(2)3)12-14-8-9-14/h5-7,10,13-14,17H,4,8-9,11-12H2,1-3H3. The molecule has 1 N–H and O–H groups in total. The van der Waals surface area contributed by atoms with Crippen LogP contribution in [0.15, 0.2) is 29.2 Å². The predicted molar refractivity (Wildman–Crippen MR) is 85.6 cm³/mol. The summed E-state index contributed by atoms with van der Waals surface area (Å²) in [5.41, 5.74) is 1.01. The van der Waals surface area contributed by atoms with Crippen molar-refractivity contribution in [3.8, 4) is 0 Å². The first-order valence-electron chi connectivity index (χ1n) is 7.76. The van der Waals surface area contributed by atoms with Gasteiger partial charge >= 0.3 is 0 Å². The molecule has 21 heavy (non-hydrogen) atoms. The molecule has 0 atom stereocenters. The van der Waals surface area contributed by atoms with Gasteiger partial charge in [0.1, 0.15) is 0 Å². The van der Waals surface area contributed by atoms with E-state index in [1.165, 1.54) is 0 Å². The van der Waals surface area contributed by atoms with E-state index in [4.69, 9.17) is 0 Å². The smallest absolute Gasteiger partial charge is 0.243 e. The third kappa shape index (κ3) is 4.28. The first-order chi connectivity index (χ1) is 9.95. The Bertz CT molecular complexity index is 565. The molecule has 1 aliphatic rings. The van der Waals surface area contributed by atoms with E-state index < -0.39 is 10.0 Å². The van der Waals surface area contributed by atoms with Crippen molar-refractivity contribution in [2.75, 3.05) is 13.1 Å². The summed E-state index contributed by atoms with van der Waals surface area (Å²) in [6, 6.07) is 7.28. The van der Waals surface area contributed by atoms with E-state index in [9.17, 15) is 8.42 Å². The minimum Gasteiger partial charge on any atom is -0.313 e. The number of hydrogen-bond acceptors (Lipinski definition) is 3. The lowest BCUT2D eigenvalue weighted by Gasteiger charge is -2.26. The number of rotatable bonds is 8. The Morgan fingerprint density at radius 3 is 2.62 bits per heavy atom. The summed E-state index contributed by atoms with van der Waals surface area (Å²) in [6.07, 6.45) is 2.30. The largest absolute Gasteiger partial charge is 0.313 e. The van der Waals surface area contributed by atoms with E-state index in [2.05, 4.69) is 5.32 Å². The summed E-state index contributed by atoms with van der Waals surface area (Å²) in [4.78, 5) is 0.409. The van der Waals surface area contributed by atoms with Crippen LogP contribution in [0, 0.1) is 5.92 Å². The van der Waals surface area contributed by atoms with Gasteiger partial charge in [-0.15, -0.1) is 0 Å². The lowest BCUT2D eigenvalue weighted by Crippen LogP contribution is -2.38. The molecule has 1 saturated carbocycles. The fraction of sp³-hybridized carbons (Fsp3) is 0.625. The first-order valence-corrected chi connectivity index (χ1v) is 9.20. The molecule has 0 aliphatic heterocycles. The van der Waals surface area contributed by atoms with Gasteiger partial charge in [-0.3, -0.25) is 0 Å². The number of benzene rings is 1. The van der Waals surface area contributed by atoms with E-state index in [0.29, 0.717) is 23.9 Å². The van der Waals surface area contributed by atoms with Crippen molar-refractivity contribution in [1.29, 1.82) is 0 Å². The fourth-order valence-electron chi connectivity index (χ4n) is 2.36. The monoisotopic (exact) mass is 310 g/mol. The lowest BCUT2D eigenvalue weighted by molar-refractivity contribution is 0.341. The molecule has 0 unspecified atom stereocenters. The normalized spacial score (nSPS) is 15.9. The van der Waals surface area contributed by atoms with Gasteiger partial charge in [0.2, 0.25) is 10.0 Å². The summed E-state index contributed by atoms with van der Waals surface area (Å²) in [6.45, 7) is 8.15. The third-order valence-corrected chi connectivity index (χ3v) is 5.83. The van der Waals surface area contributed by atoms with Gasteiger partial charge in [0.25, 0.3) is 0 Å². The summed E-state index contributed by atoms with van der Waals surface area (Å²) >= 11 is 0. The van der Waals surface area contributed by atoms with Crippen LogP contribution >= 0.6 is 0 Å². The molecule has 0 radical (unpaired) electrons. The van der Waals surface area contributed by atoms with Gasteiger partial charge in [0, 0.05) is 19.1 Å². The maximum Gasteiger partial charge on any atom is 0.243 e. The number of nitrogens with one attached hydrogen (secondary N) is 1. The molecular weight excluding hydrogens is 284 g/mol. The minimum atomic E-state index is -3.40. The average molecular weight is 310 g/mol. The minimum absolute atomic E-state index is 0.00646. The van der Waals surface area contributed by atoms with Crippen LogP contribution < -0.4 is 5.32 Å². The maximum absolute atomic E-state index is 12.9. The second-order valence-electron chi connectivity index (χ2n) is 6.04. The molecule has 0 spiro atoms. The van der Waals surface area contributed by atoms with Crippen molar-refractivity contribution in [1.82, 2.24) is 9.62 Å². The quantitative estimate of drug-likeness (QED) is 0.803. The van der Waals surface area contributed by atoms with Crippen LogP contribution in [0.25, 0.3) is 0 Å². The van der Waals surface area contributed by atoms with Crippen LogP contribution in [0.1, 0.15) is 39.2 Å². The average Bonchev–Trinajstić information content (AvgIpc) is 3.26. The summed E-state index contributed by atoms with van der Waals surface area (Å²) < 4.78 is 27.4. The van der Waals surface area contributed by atoms with E-state index in [1.54, 1.807) is 16.4 Å². The van der Waals surface area contributed by atoms with Crippen LogP contribution in [0.3, 0.4) is 0 Å². The third-order valence-electron chi connectivity index (χ3n) is 3.80. The first kappa shape index (κ1) is 16.5. The summed E-state index contributed by atoms with van der Waals surface area (Å²) in [7, 11) is -3.40. The summed E-state index contributed by atoms with van der Waals surface area (Å²) in [5.74, 6) is 0.548. The van der Waals surface area contributed by atoms with Crippen LogP contribution in [-0.4, -0.2) is 31.9 Å². The highest BCUT2D eigenvalue weighted by Gasteiger charge is 2.33. The van der Waals surface area contributed by atoms with E-state index in [1.807, 2.05) is 32.9 Å². The van der Waals surface area contributed by atoms with Crippen molar-refractivity contribution in [3.63, 3.8) is 0 Å². The second kappa shape index (κ2) is 6.90. The Balaban J connectivity index is 2.23. The molecule has 1 aromatic carbocycles. The Hall–Kier alpha value is -0.910. The van der Waals surface area contributed by atoms with Gasteiger partial charge in [0.05, 0.1) is 4.90 Å². The van der Waals surface area contributed by atoms with Crippen molar-refractivity contribution < 1.29 is 8.42 Å². The Morgan fingerprint density at radius 1 is 1.33 bits per heavy atom. The van der Waals surface area contributed by atoms with Crippen LogP contribution in [0.4, 0.5) is 0 Å². The number of sulfonamides is 1. The second-order valence-corrected chi connectivity index (χ2v) is 7.93. The molecule has 1 aromatic rings. The van der Waals surface area contributed by atoms with E-state index in [-0.39, 0.29) is 6.04 Å². The van der Waals surface area contributed by atoms with Gasteiger partial charge in [-0.05, 0) is 56.8 Å². The SMILES string of the molecule is CCNCc1cccc(S(=O)(=O)N(CC2CC2)C(C)C)c1. The molecule has 5 heteroatoms. The number of nitrogens with zero attached hydrogens (tertiary/aromatic N) is 1. The van der Waals surface area contributed by atoms with Gasteiger partial charge < -0.3 is 5.32 Å². The van der Waals surface area contributed by atoms with Gasteiger partial charge in [0.15, 0.2) is 0 Å². The van der Waals surface area contributed by atoms with E-state index in [0.717, 1.165) is 24.9 Å². The Labute approximate surface area is 128 Å². The van der Waals surface area contributed by atoms with Gasteiger partial charge in [-0.25, -0.2) is 8.42 Å². The van der Waals surface area contributed by atoms with Crippen molar-refractivity contribution in [3.05, 3.63) is 29.8 Å². The molecule has 0 aromatic heterocycles. The zero-order valence-electron chi connectivity index (χ0n) is 13.2. The molecular formula is C16H26N2O2S. The van der Waals surface area contributed by atoms with E-state index >= 15 is 0 Å². The molecule has 0 bridgehead atoms. The summed E-state index contributed by atoms with van der Waals surface area (Å²) in [5, 5.41) is 3.23. The molecule has 1 fully saturated rings. The lowest BCUT2D eigenvalue weighted by atomic mass is 10.2. The molecule has 2 rings (SSSR count). The molecule has 1 aliphatic carbocycles. The highest BCUT2D eigenvalue weighted by Crippen LogP contribution is 2.32. The number of hydrogen-bond donors (Lipinski definition) is 1. The molecule has 4 nitrogen and oxygen atoms in total. The van der Waals surface area contributed by atoms with Crippen LogP contribution in [0.2, 0.25) is 0 Å². The zero-order chi connectivity index (χ0) is 15.5.